The number of nitrogens with zero attached hydrogens (tertiary/aromatic N) is 2. The van der Waals surface area contributed by atoms with E-state index in [-0.39, 0.29) is 11.7 Å². The molecule has 1 amide bonds. The molecule has 0 spiro atoms. The van der Waals surface area contributed by atoms with Gasteiger partial charge in [0.15, 0.2) is 10.9 Å². The highest BCUT2D eigenvalue weighted by atomic mass is 32.1. The van der Waals surface area contributed by atoms with Crippen molar-refractivity contribution in [2.45, 2.75) is 6.92 Å². The van der Waals surface area contributed by atoms with E-state index in [1.807, 2.05) is 31.1 Å². The van der Waals surface area contributed by atoms with Crippen LogP contribution in [-0.2, 0) is 0 Å². The summed E-state index contributed by atoms with van der Waals surface area (Å²) in [7, 11) is 3.88. The molecule has 2 aromatic rings. The summed E-state index contributed by atoms with van der Waals surface area (Å²) in [6, 6.07) is 7.25. The molecule has 0 atom stereocenters. The summed E-state index contributed by atoms with van der Waals surface area (Å²) in [6.07, 6.45) is 0. The quantitative estimate of drug-likeness (QED) is 0.879. The van der Waals surface area contributed by atoms with Crippen molar-refractivity contribution in [3.8, 4) is 0 Å². The van der Waals surface area contributed by atoms with Gasteiger partial charge in [-0.25, -0.2) is 4.98 Å². The second-order valence-electron chi connectivity index (χ2n) is 4.49. The Balaban J connectivity index is 2.09. The van der Waals surface area contributed by atoms with Crippen molar-refractivity contribution in [3.63, 3.8) is 0 Å². The van der Waals surface area contributed by atoms with Crippen LogP contribution in [0.15, 0.2) is 29.6 Å². The van der Waals surface area contributed by atoms with Gasteiger partial charge in [-0.3, -0.25) is 14.9 Å². The van der Waals surface area contributed by atoms with Crippen molar-refractivity contribution in [1.29, 1.82) is 0 Å². The zero-order valence-electron chi connectivity index (χ0n) is 11.5. The molecule has 0 unspecified atom stereocenters. The number of aromatic nitrogens is 1. The molecule has 20 heavy (non-hydrogen) atoms. The molecular weight excluding hydrogens is 274 g/mol. The Kier molecular flexibility index (Phi) is 4.14. The number of Topliss-reactive ketones (excluding diaryl/α,β-unsaturated/α-hetero) is 1. The van der Waals surface area contributed by atoms with Crippen LogP contribution in [0.5, 0.6) is 0 Å². The molecule has 6 heteroatoms. The fourth-order valence-electron chi connectivity index (χ4n) is 1.57. The summed E-state index contributed by atoms with van der Waals surface area (Å²) < 4.78 is 0. The molecule has 1 aromatic heterocycles. The summed E-state index contributed by atoms with van der Waals surface area (Å²) in [6.45, 7) is 1.45. The van der Waals surface area contributed by atoms with Gasteiger partial charge in [0.25, 0.3) is 5.91 Å². The van der Waals surface area contributed by atoms with E-state index >= 15 is 0 Å². The van der Waals surface area contributed by atoms with Crippen LogP contribution in [0.4, 0.5) is 10.8 Å². The Morgan fingerprint density at radius 2 is 1.85 bits per heavy atom. The topological polar surface area (TPSA) is 62.3 Å². The molecule has 1 aromatic carbocycles. The van der Waals surface area contributed by atoms with Crippen molar-refractivity contribution in [2.75, 3.05) is 24.3 Å². The predicted molar refractivity (Wildman–Crippen MR) is 80.8 cm³/mol. The number of hydrogen-bond donors (Lipinski definition) is 1. The minimum atomic E-state index is -0.236. The summed E-state index contributed by atoms with van der Waals surface area (Å²) >= 11 is 1.24. The van der Waals surface area contributed by atoms with Gasteiger partial charge < -0.3 is 4.90 Å². The average Bonchev–Trinajstić information content (AvgIpc) is 2.87. The lowest BCUT2D eigenvalue weighted by Crippen LogP contribution is -2.13. The lowest BCUT2D eigenvalue weighted by atomic mass is 10.2. The van der Waals surface area contributed by atoms with E-state index in [2.05, 4.69) is 10.3 Å². The molecular formula is C14H15N3O2S. The van der Waals surface area contributed by atoms with Gasteiger partial charge in [-0.15, -0.1) is 11.3 Å². The molecule has 1 heterocycles. The number of benzene rings is 1. The maximum Gasteiger partial charge on any atom is 0.257 e. The van der Waals surface area contributed by atoms with Crippen molar-refractivity contribution >= 4 is 33.8 Å². The molecule has 1 N–H and O–H groups in total. The van der Waals surface area contributed by atoms with Gasteiger partial charge >= 0.3 is 0 Å². The van der Waals surface area contributed by atoms with Gasteiger partial charge in [-0.1, -0.05) is 0 Å². The summed E-state index contributed by atoms with van der Waals surface area (Å²) in [4.78, 5) is 29.2. The Morgan fingerprint density at radius 1 is 1.20 bits per heavy atom. The third kappa shape index (κ3) is 3.21. The first-order chi connectivity index (χ1) is 9.47. The molecule has 2 rings (SSSR count). The van der Waals surface area contributed by atoms with Gasteiger partial charge in [0.05, 0.1) is 0 Å². The summed E-state index contributed by atoms with van der Waals surface area (Å²) in [5, 5.41) is 4.74. The highest BCUT2D eigenvalue weighted by molar-refractivity contribution is 7.14. The van der Waals surface area contributed by atoms with Gasteiger partial charge in [0, 0.05) is 37.6 Å². The Hall–Kier alpha value is -2.21. The number of thiazole rings is 1. The van der Waals surface area contributed by atoms with Gasteiger partial charge in [-0.2, -0.15) is 0 Å². The molecule has 0 saturated carbocycles. The zero-order chi connectivity index (χ0) is 14.7. The van der Waals surface area contributed by atoms with Crippen LogP contribution < -0.4 is 10.2 Å². The number of amides is 1. The van der Waals surface area contributed by atoms with Crippen LogP contribution in [0.1, 0.15) is 27.8 Å². The maximum atomic E-state index is 12.0. The SMILES string of the molecule is CC(=O)c1csc(NC(=O)c2ccc(N(C)C)cc2)n1. The summed E-state index contributed by atoms with van der Waals surface area (Å²) in [5.41, 5.74) is 1.94. The molecule has 104 valence electrons. The number of carbonyl (C=O) groups is 2. The monoisotopic (exact) mass is 289 g/mol. The van der Waals surface area contributed by atoms with Crippen molar-refractivity contribution in [1.82, 2.24) is 4.98 Å². The minimum Gasteiger partial charge on any atom is -0.378 e. The Labute approximate surface area is 121 Å². The van der Waals surface area contributed by atoms with E-state index in [1.54, 1.807) is 17.5 Å². The van der Waals surface area contributed by atoms with Crippen LogP contribution in [0.2, 0.25) is 0 Å². The molecule has 0 aliphatic rings. The Bertz CT molecular complexity index is 632. The van der Waals surface area contributed by atoms with E-state index in [0.29, 0.717) is 16.4 Å². The maximum absolute atomic E-state index is 12.0. The fraction of sp³-hybridized carbons (Fsp3) is 0.214. The van der Waals surface area contributed by atoms with Crippen LogP contribution in [0.3, 0.4) is 0 Å². The largest absolute Gasteiger partial charge is 0.378 e. The predicted octanol–water partition coefficient (Wildman–Crippen LogP) is 2.66. The standard InChI is InChI=1S/C14H15N3O2S/c1-9(18)12-8-20-14(15-12)16-13(19)10-4-6-11(7-5-10)17(2)3/h4-8H,1-3H3,(H,15,16,19). The van der Waals surface area contributed by atoms with Crippen LogP contribution >= 0.6 is 11.3 Å². The first-order valence-corrected chi connectivity index (χ1v) is 6.90. The van der Waals surface area contributed by atoms with Gasteiger partial charge in [-0.05, 0) is 24.3 Å². The van der Waals surface area contributed by atoms with Crippen molar-refractivity contribution < 1.29 is 9.59 Å². The lowest BCUT2D eigenvalue weighted by molar-refractivity contribution is 0.100. The number of ketones is 1. The Morgan fingerprint density at radius 3 is 2.35 bits per heavy atom. The van der Waals surface area contributed by atoms with E-state index in [1.165, 1.54) is 18.3 Å². The third-order valence-corrected chi connectivity index (χ3v) is 3.49. The zero-order valence-corrected chi connectivity index (χ0v) is 12.3. The lowest BCUT2D eigenvalue weighted by Gasteiger charge is -2.12. The number of carbonyl (C=O) groups excluding carboxylic acids is 2. The molecule has 0 fully saturated rings. The second-order valence-corrected chi connectivity index (χ2v) is 5.35. The van der Waals surface area contributed by atoms with Crippen molar-refractivity contribution in [2.24, 2.45) is 0 Å². The molecule has 0 saturated heterocycles. The smallest absolute Gasteiger partial charge is 0.257 e. The highest BCUT2D eigenvalue weighted by Crippen LogP contribution is 2.18. The first-order valence-electron chi connectivity index (χ1n) is 6.02. The molecule has 0 bridgehead atoms. The normalized spacial score (nSPS) is 10.2. The summed E-state index contributed by atoms with van der Waals surface area (Å²) in [5.74, 6) is -0.350. The first kappa shape index (κ1) is 14.2. The molecule has 0 aliphatic carbocycles. The fourth-order valence-corrected chi connectivity index (χ4v) is 2.32. The number of nitrogens with one attached hydrogen (secondary N) is 1. The van der Waals surface area contributed by atoms with Crippen LogP contribution in [-0.4, -0.2) is 30.8 Å². The van der Waals surface area contributed by atoms with Crippen LogP contribution in [0.25, 0.3) is 0 Å². The van der Waals surface area contributed by atoms with E-state index < -0.39 is 0 Å². The average molecular weight is 289 g/mol. The van der Waals surface area contributed by atoms with E-state index in [9.17, 15) is 9.59 Å². The van der Waals surface area contributed by atoms with Crippen molar-refractivity contribution in [3.05, 3.63) is 40.9 Å². The second kappa shape index (κ2) is 5.83. The van der Waals surface area contributed by atoms with E-state index in [4.69, 9.17) is 0 Å². The molecule has 0 aliphatic heterocycles. The van der Waals surface area contributed by atoms with Gasteiger partial charge in [0.1, 0.15) is 5.69 Å². The third-order valence-electron chi connectivity index (χ3n) is 2.73. The number of anilines is 2. The molecule has 5 nitrogen and oxygen atoms in total. The minimum absolute atomic E-state index is 0.114. The highest BCUT2D eigenvalue weighted by Gasteiger charge is 2.10. The van der Waals surface area contributed by atoms with Gasteiger partial charge in [0.2, 0.25) is 0 Å². The van der Waals surface area contributed by atoms with Crippen LogP contribution in [0, 0.1) is 0 Å². The number of rotatable bonds is 4. The number of hydrogen-bond acceptors (Lipinski definition) is 5. The van der Waals surface area contributed by atoms with E-state index in [0.717, 1.165) is 5.69 Å². The molecule has 0 radical (unpaired) electrons.